The van der Waals surface area contributed by atoms with Crippen LogP contribution in [-0.2, 0) is 23.6 Å². The van der Waals surface area contributed by atoms with Gasteiger partial charge in [-0.3, -0.25) is 0 Å². The van der Waals surface area contributed by atoms with E-state index in [2.05, 4.69) is 147 Å². The number of hydrogen-bond donors (Lipinski definition) is 0. The lowest BCUT2D eigenvalue weighted by molar-refractivity contribution is 1.16. The molecule has 0 aliphatic rings. The Hall–Kier alpha value is -2.08. The summed E-state index contributed by atoms with van der Waals surface area (Å²) >= 11 is 13.1. The monoisotopic (exact) mass is 516 g/mol. The molecule has 2 atom stereocenters. The van der Waals surface area contributed by atoms with E-state index in [0.29, 0.717) is 0 Å². The van der Waals surface area contributed by atoms with Crippen LogP contribution in [0.25, 0.3) is 0 Å². The van der Waals surface area contributed by atoms with Gasteiger partial charge in [0.15, 0.2) is 0 Å². The summed E-state index contributed by atoms with van der Waals surface area (Å²) in [5, 5.41) is 5.02. The Morgan fingerprint density at radius 3 is 0.853 bits per heavy atom. The second-order valence-electron chi connectivity index (χ2n) is 8.52. The standard InChI is InChI=1S/C30H30P2S2/c1-25(31(33,27-15-7-3-8-16-27)28-17-9-4-10-18-28)23-24-26(2)32(34,29-19-11-5-12-20-29)30-21-13-6-14-22-30/h3-26H,1-2H3/b24-23-. The quantitative estimate of drug-likeness (QED) is 0.192. The zero-order valence-corrected chi connectivity index (χ0v) is 23.0. The molecular weight excluding hydrogens is 486 g/mol. The third-order valence-electron chi connectivity index (χ3n) is 6.37. The van der Waals surface area contributed by atoms with Gasteiger partial charge in [0.1, 0.15) is 0 Å². The first-order valence-electron chi connectivity index (χ1n) is 11.6. The van der Waals surface area contributed by atoms with Crippen LogP contribution >= 0.6 is 12.1 Å². The van der Waals surface area contributed by atoms with Gasteiger partial charge >= 0.3 is 0 Å². The van der Waals surface area contributed by atoms with E-state index in [-0.39, 0.29) is 11.3 Å². The minimum Gasteiger partial charge on any atom is -0.0870 e. The van der Waals surface area contributed by atoms with Gasteiger partial charge in [0.2, 0.25) is 0 Å². The lowest BCUT2D eigenvalue weighted by atomic mass is 10.3. The Balaban J connectivity index is 1.75. The fourth-order valence-electron chi connectivity index (χ4n) is 4.40. The summed E-state index contributed by atoms with van der Waals surface area (Å²) in [5.74, 6) is 0. The van der Waals surface area contributed by atoms with Crippen LogP contribution in [0.3, 0.4) is 0 Å². The molecule has 0 N–H and O–H groups in total. The highest BCUT2D eigenvalue weighted by molar-refractivity contribution is 8.22. The van der Waals surface area contributed by atoms with Crippen LogP contribution in [0.1, 0.15) is 13.8 Å². The number of allylic oxidation sites excluding steroid dienone is 2. The van der Waals surface area contributed by atoms with Crippen LogP contribution in [0, 0.1) is 0 Å². The molecule has 0 amide bonds. The maximum atomic E-state index is 6.53. The maximum absolute atomic E-state index is 6.53. The van der Waals surface area contributed by atoms with E-state index >= 15 is 0 Å². The first-order chi connectivity index (χ1) is 16.5. The van der Waals surface area contributed by atoms with Crippen molar-refractivity contribution in [2.24, 2.45) is 0 Å². The Labute approximate surface area is 214 Å². The summed E-state index contributed by atoms with van der Waals surface area (Å²) in [6.45, 7) is 4.55. The highest BCUT2D eigenvalue weighted by Gasteiger charge is 2.30. The maximum Gasteiger partial charge on any atom is 0.0168 e. The van der Waals surface area contributed by atoms with E-state index < -0.39 is 12.1 Å². The van der Waals surface area contributed by atoms with Crippen molar-refractivity contribution in [2.75, 3.05) is 0 Å². The molecule has 34 heavy (non-hydrogen) atoms. The minimum atomic E-state index is -2.04. The van der Waals surface area contributed by atoms with Gasteiger partial charge in [0, 0.05) is 23.4 Å². The lowest BCUT2D eigenvalue weighted by Crippen LogP contribution is -2.24. The molecule has 0 saturated heterocycles. The molecule has 172 valence electrons. The molecule has 0 aromatic heterocycles. The van der Waals surface area contributed by atoms with Gasteiger partial charge in [-0.2, -0.15) is 0 Å². The average Bonchev–Trinajstić information content (AvgIpc) is 2.92. The van der Waals surface area contributed by atoms with Crippen molar-refractivity contribution >= 4 is 56.9 Å². The molecule has 4 rings (SSSR count). The number of rotatable bonds is 8. The molecule has 0 aliphatic carbocycles. The highest BCUT2D eigenvalue weighted by Crippen LogP contribution is 2.52. The van der Waals surface area contributed by atoms with E-state index in [0.717, 1.165) is 0 Å². The Kier molecular flexibility index (Phi) is 8.18. The second-order valence-corrected chi connectivity index (χ2v) is 18.3. The van der Waals surface area contributed by atoms with Gasteiger partial charge < -0.3 is 0 Å². The van der Waals surface area contributed by atoms with Crippen molar-refractivity contribution in [3.8, 4) is 0 Å². The second kappa shape index (κ2) is 11.1. The summed E-state index contributed by atoms with van der Waals surface area (Å²) in [7, 11) is 0. The SMILES string of the molecule is CC(/C=C\C(C)P(=S)(c1ccccc1)c1ccccc1)P(=S)(c1ccccc1)c1ccccc1. The third-order valence-corrected chi connectivity index (χ3v) is 17.8. The van der Waals surface area contributed by atoms with E-state index in [9.17, 15) is 0 Å². The van der Waals surface area contributed by atoms with Gasteiger partial charge in [-0.1, -0.05) is 171 Å². The van der Waals surface area contributed by atoms with Crippen molar-refractivity contribution in [1.82, 2.24) is 0 Å². The molecule has 2 unspecified atom stereocenters. The molecular formula is C30H30P2S2. The molecule has 4 heteroatoms. The zero-order chi connectivity index (χ0) is 24.0. The van der Waals surface area contributed by atoms with E-state index in [4.69, 9.17) is 23.6 Å². The van der Waals surface area contributed by atoms with Gasteiger partial charge in [0.05, 0.1) is 0 Å². The van der Waals surface area contributed by atoms with Crippen LogP contribution in [0.15, 0.2) is 133 Å². The van der Waals surface area contributed by atoms with Crippen LogP contribution in [-0.4, -0.2) is 11.3 Å². The summed E-state index contributed by atoms with van der Waals surface area (Å²) in [4.78, 5) is 0. The molecule has 0 fully saturated rings. The fourth-order valence-corrected chi connectivity index (χ4v) is 11.9. The molecule has 0 radical (unpaired) electrons. The molecule has 0 saturated carbocycles. The van der Waals surface area contributed by atoms with Crippen LogP contribution in [0.4, 0.5) is 0 Å². The molecule has 4 aromatic carbocycles. The predicted octanol–water partition coefficient (Wildman–Crippen LogP) is 6.58. The van der Waals surface area contributed by atoms with Gasteiger partial charge in [0.25, 0.3) is 0 Å². The first kappa shape index (κ1) is 25.0. The highest BCUT2D eigenvalue weighted by atomic mass is 32.4. The summed E-state index contributed by atoms with van der Waals surface area (Å²) in [6.07, 6.45) is 4.69. The van der Waals surface area contributed by atoms with Crippen LogP contribution in [0.5, 0.6) is 0 Å². The molecule has 0 bridgehead atoms. The third kappa shape index (κ3) is 4.98. The predicted molar refractivity (Wildman–Crippen MR) is 161 cm³/mol. The van der Waals surface area contributed by atoms with Crippen molar-refractivity contribution in [3.05, 3.63) is 133 Å². The fraction of sp³-hybridized carbons (Fsp3) is 0.133. The Morgan fingerprint density at radius 2 is 0.647 bits per heavy atom. The number of benzene rings is 4. The number of hydrogen-bond acceptors (Lipinski definition) is 2. The average molecular weight is 517 g/mol. The van der Waals surface area contributed by atoms with Crippen molar-refractivity contribution < 1.29 is 0 Å². The summed E-state index contributed by atoms with van der Waals surface area (Å²) in [5.41, 5.74) is 0.425. The van der Waals surface area contributed by atoms with Gasteiger partial charge in [-0.25, -0.2) is 0 Å². The minimum absolute atomic E-state index is 0.213. The topological polar surface area (TPSA) is 0 Å². The Morgan fingerprint density at radius 1 is 0.441 bits per heavy atom. The smallest absolute Gasteiger partial charge is 0.0168 e. The summed E-state index contributed by atoms with van der Waals surface area (Å²) < 4.78 is 0. The Bertz CT molecular complexity index is 1130. The molecule has 0 spiro atoms. The van der Waals surface area contributed by atoms with Crippen LogP contribution < -0.4 is 21.2 Å². The largest absolute Gasteiger partial charge is 0.0870 e. The van der Waals surface area contributed by atoms with E-state index in [1.165, 1.54) is 21.2 Å². The zero-order valence-electron chi connectivity index (χ0n) is 19.6. The van der Waals surface area contributed by atoms with Gasteiger partial charge in [-0.05, 0) is 21.2 Å². The van der Waals surface area contributed by atoms with Crippen LogP contribution in [0.2, 0.25) is 0 Å². The molecule has 0 aliphatic heterocycles. The van der Waals surface area contributed by atoms with Gasteiger partial charge in [-0.15, -0.1) is 0 Å². The van der Waals surface area contributed by atoms with Crippen molar-refractivity contribution in [2.45, 2.75) is 25.2 Å². The van der Waals surface area contributed by atoms with Crippen molar-refractivity contribution in [3.63, 3.8) is 0 Å². The lowest BCUT2D eigenvalue weighted by Gasteiger charge is -2.30. The summed E-state index contributed by atoms with van der Waals surface area (Å²) in [6, 6.07) is 38.5. The van der Waals surface area contributed by atoms with E-state index in [1.54, 1.807) is 0 Å². The van der Waals surface area contributed by atoms with Crippen molar-refractivity contribution in [1.29, 1.82) is 0 Å². The van der Waals surface area contributed by atoms with E-state index in [1.807, 2.05) is 0 Å². The normalized spacial score (nSPS) is 14.1. The molecule has 4 aromatic rings. The molecule has 0 nitrogen and oxygen atoms in total. The first-order valence-corrected chi connectivity index (χ1v) is 17.3. The molecule has 0 heterocycles.